The van der Waals surface area contributed by atoms with Crippen molar-refractivity contribution in [1.29, 1.82) is 0 Å². The minimum Gasteiger partial charge on any atom is -0.483 e. The van der Waals surface area contributed by atoms with Crippen LogP contribution in [0.3, 0.4) is 0 Å². The average Bonchev–Trinajstić information content (AvgIpc) is 3.21. The van der Waals surface area contributed by atoms with Gasteiger partial charge in [0.2, 0.25) is 5.91 Å². The van der Waals surface area contributed by atoms with E-state index in [1.54, 1.807) is 17.0 Å². The SMILES string of the molecule is CC(=O)Oc1ccc2c3c1O[C@H]1[C@@H](N(C)C(=O)C=Cc4ccccc4)CC[C@@]4(O)[C@@H](C2)N(C)CC[C@]314. The van der Waals surface area contributed by atoms with Crippen molar-refractivity contribution in [1.82, 2.24) is 9.80 Å². The van der Waals surface area contributed by atoms with E-state index in [2.05, 4.69) is 11.9 Å². The van der Waals surface area contributed by atoms with Crippen LogP contribution >= 0.6 is 0 Å². The Morgan fingerprint density at radius 2 is 1.97 bits per heavy atom. The predicted octanol–water partition coefficient (Wildman–Crippen LogP) is 2.94. The van der Waals surface area contributed by atoms with Gasteiger partial charge in [0.25, 0.3) is 0 Å². The Morgan fingerprint density at radius 1 is 1.19 bits per heavy atom. The first kappa shape index (κ1) is 23.3. The van der Waals surface area contributed by atoms with Crippen LogP contribution < -0.4 is 9.47 Å². The second-order valence-corrected chi connectivity index (χ2v) is 10.7. The number of benzene rings is 2. The van der Waals surface area contributed by atoms with Crippen molar-refractivity contribution in [2.45, 2.75) is 61.8 Å². The summed E-state index contributed by atoms with van der Waals surface area (Å²) in [4.78, 5) is 29.2. The standard InChI is InChI=1S/C29H32N2O5/c1-18(32)35-22-11-10-20-17-23-29(34)14-13-21(31(3)24(33)12-9-19-7-5-4-6-8-19)27-28(29,15-16-30(23)2)25(20)26(22)36-27/h4-12,21,23,27,34H,13-17H2,1-3H3/t21-,23+,27-,28-,29+/m0/s1. The van der Waals surface area contributed by atoms with Gasteiger partial charge in [-0.3, -0.25) is 9.59 Å². The molecule has 1 spiro atoms. The minimum atomic E-state index is -0.988. The second-order valence-electron chi connectivity index (χ2n) is 10.7. The number of carbonyl (C=O) groups excluding carboxylic acids is 2. The van der Waals surface area contributed by atoms with Crippen molar-refractivity contribution < 1.29 is 24.2 Å². The van der Waals surface area contributed by atoms with E-state index in [0.29, 0.717) is 37.2 Å². The zero-order valence-electron chi connectivity index (χ0n) is 20.9. The number of esters is 1. The highest BCUT2D eigenvalue weighted by Crippen LogP contribution is 2.65. The van der Waals surface area contributed by atoms with Crippen LogP contribution in [0.5, 0.6) is 11.5 Å². The molecule has 1 saturated heterocycles. The van der Waals surface area contributed by atoms with E-state index in [0.717, 1.165) is 23.2 Å². The summed E-state index contributed by atoms with van der Waals surface area (Å²) in [6.45, 7) is 2.20. The van der Waals surface area contributed by atoms with Crippen LogP contribution in [0.2, 0.25) is 0 Å². The molecule has 2 fully saturated rings. The van der Waals surface area contributed by atoms with Crippen LogP contribution in [-0.2, 0) is 21.4 Å². The Bertz CT molecular complexity index is 1260. The number of amides is 1. The van der Waals surface area contributed by atoms with Gasteiger partial charge >= 0.3 is 5.97 Å². The van der Waals surface area contributed by atoms with E-state index < -0.39 is 23.1 Å². The lowest BCUT2D eigenvalue weighted by Gasteiger charge is -2.64. The molecule has 2 bridgehead atoms. The first-order valence-electron chi connectivity index (χ1n) is 12.7. The highest BCUT2D eigenvalue weighted by Gasteiger charge is 2.73. The molecule has 2 aliphatic carbocycles. The third-order valence-electron chi connectivity index (χ3n) is 9.00. The molecule has 1 amide bonds. The van der Waals surface area contributed by atoms with Crippen LogP contribution in [0, 0.1) is 0 Å². The molecule has 2 heterocycles. The molecule has 2 aromatic rings. The molecule has 0 aromatic heterocycles. The summed E-state index contributed by atoms with van der Waals surface area (Å²) in [5.41, 5.74) is 1.41. The van der Waals surface area contributed by atoms with Gasteiger partial charge < -0.3 is 24.4 Å². The lowest BCUT2D eigenvalue weighted by Crippen LogP contribution is -2.77. The fourth-order valence-corrected chi connectivity index (χ4v) is 7.36. The van der Waals surface area contributed by atoms with Crippen LogP contribution in [0.15, 0.2) is 48.5 Å². The molecule has 1 N–H and O–H groups in total. The highest BCUT2D eigenvalue weighted by atomic mass is 16.6. The van der Waals surface area contributed by atoms with Crippen LogP contribution in [0.1, 0.15) is 42.9 Å². The number of piperidine rings is 1. The van der Waals surface area contributed by atoms with Gasteiger partial charge in [0, 0.05) is 31.7 Å². The summed E-state index contributed by atoms with van der Waals surface area (Å²) < 4.78 is 12.2. The predicted molar refractivity (Wildman–Crippen MR) is 135 cm³/mol. The van der Waals surface area contributed by atoms with Crippen molar-refractivity contribution >= 4 is 18.0 Å². The molecular weight excluding hydrogens is 456 g/mol. The smallest absolute Gasteiger partial charge is 0.308 e. The molecule has 4 aliphatic rings. The van der Waals surface area contributed by atoms with Gasteiger partial charge in [-0.15, -0.1) is 0 Å². The second kappa shape index (κ2) is 8.18. The van der Waals surface area contributed by atoms with Gasteiger partial charge in [0.15, 0.2) is 11.5 Å². The Morgan fingerprint density at radius 3 is 2.72 bits per heavy atom. The number of hydrogen-bond donors (Lipinski definition) is 1. The van der Waals surface area contributed by atoms with Crippen LogP contribution in [0.4, 0.5) is 0 Å². The van der Waals surface area contributed by atoms with Crippen LogP contribution in [0.25, 0.3) is 6.08 Å². The van der Waals surface area contributed by atoms with E-state index >= 15 is 0 Å². The third kappa shape index (κ3) is 3.12. The van der Waals surface area contributed by atoms with E-state index in [1.165, 1.54) is 6.92 Å². The maximum absolute atomic E-state index is 13.3. The quantitative estimate of drug-likeness (QED) is 0.405. The maximum Gasteiger partial charge on any atom is 0.308 e. The van der Waals surface area contributed by atoms with Crippen molar-refractivity contribution in [3.8, 4) is 11.5 Å². The lowest BCUT2D eigenvalue weighted by atomic mass is 9.48. The fraction of sp³-hybridized carbons (Fsp3) is 0.448. The summed E-state index contributed by atoms with van der Waals surface area (Å²) in [6, 6.07) is 13.3. The number of likely N-dealkylation sites (tertiary alicyclic amines) is 1. The first-order valence-corrected chi connectivity index (χ1v) is 12.7. The summed E-state index contributed by atoms with van der Waals surface area (Å²) >= 11 is 0. The molecule has 0 radical (unpaired) electrons. The molecule has 7 heteroatoms. The molecule has 2 aromatic carbocycles. The Kier molecular flexibility index (Phi) is 5.28. The van der Waals surface area contributed by atoms with Gasteiger partial charge in [0.1, 0.15) is 6.10 Å². The number of carbonyl (C=O) groups is 2. The molecule has 0 unspecified atom stereocenters. The van der Waals surface area contributed by atoms with Crippen molar-refractivity contribution in [2.75, 3.05) is 20.6 Å². The van der Waals surface area contributed by atoms with E-state index in [1.807, 2.05) is 49.5 Å². The topological polar surface area (TPSA) is 79.3 Å². The number of nitrogens with zero attached hydrogens (tertiary/aromatic N) is 2. The van der Waals surface area contributed by atoms with Gasteiger partial charge in [-0.05, 0) is 62.5 Å². The number of rotatable bonds is 4. The molecule has 2 aliphatic heterocycles. The molecular formula is C29H32N2O5. The maximum atomic E-state index is 13.3. The zero-order valence-corrected chi connectivity index (χ0v) is 20.9. The molecule has 7 nitrogen and oxygen atoms in total. The van der Waals surface area contributed by atoms with E-state index in [-0.39, 0.29) is 18.0 Å². The summed E-state index contributed by atoms with van der Waals surface area (Å²) in [5.74, 6) is 0.429. The number of aliphatic hydroxyl groups is 1. The molecule has 5 atom stereocenters. The van der Waals surface area contributed by atoms with Gasteiger partial charge in [-0.2, -0.15) is 0 Å². The molecule has 1 saturated carbocycles. The summed E-state index contributed by atoms with van der Waals surface area (Å²) in [7, 11) is 3.90. The Hall–Kier alpha value is -3.16. The fourth-order valence-electron chi connectivity index (χ4n) is 7.36. The monoisotopic (exact) mass is 488 g/mol. The molecule has 188 valence electrons. The number of hydrogen-bond acceptors (Lipinski definition) is 6. The van der Waals surface area contributed by atoms with Crippen LogP contribution in [-0.4, -0.2) is 71.2 Å². The molecule has 6 rings (SSSR count). The Labute approximate surface area is 211 Å². The number of likely N-dealkylation sites (N-methyl/N-ethyl adjacent to an activating group) is 2. The first-order chi connectivity index (χ1) is 17.3. The highest BCUT2D eigenvalue weighted by molar-refractivity contribution is 5.92. The van der Waals surface area contributed by atoms with Gasteiger partial charge in [-0.1, -0.05) is 36.4 Å². The van der Waals surface area contributed by atoms with E-state index in [9.17, 15) is 14.7 Å². The minimum absolute atomic E-state index is 0.0321. The van der Waals surface area contributed by atoms with Gasteiger partial charge in [-0.25, -0.2) is 0 Å². The van der Waals surface area contributed by atoms with Crippen molar-refractivity contribution in [3.63, 3.8) is 0 Å². The molecule has 36 heavy (non-hydrogen) atoms. The lowest BCUT2D eigenvalue weighted by molar-refractivity contribution is -0.195. The van der Waals surface area contributed by atoms with E-state index in [4.69, 9.17) is 9.47 Å². The largest absolute Gasteiger partial charge is 0.483 e. The normalized spacial score (nSPS) is 32.1. The third-order valence-corrected chi connectivity index (χ3v) is 9.00. The summed E-state index contributed by atoms with van der Waals surface area (Å²) in [6.07, 6.45) is 5.62. The Balaban J connectivity index is 1.42. The zero-order chi connectivity index (χ0) is 25.2. The van der Waals surface area contributed by atoms with Gasteiger partial charge in [0.05, 0.1) is 17.1 Å². The summed E-state index contributed by atoms with van der Waals surface area (Å²) in [5, 5.41) is 12.4. The average molecular weight is 489 g/mol. The van der Waals surface area contributed by atoms with Crippen molar-refractivity contribution in [3.05, 3.63) is 65.2 Å². The van der Waals surface area contributed by atoms with Crippen molar-refractivity contribution in [2.24, 2.45) is 0 Å². The number of ether oxygens (including phenoxy) is 2.